The highest BCUT2D eigenvalue weighted by atomic mass is 19.1. The van der Waals surface area contributed by atoms with E-state index in [2.05, 4.69) is 15.2 Å². The van der Waals surface area contributed by atoms with Gasteiger partial charge in [-0.2, -0.15) is 5.10 Å². The Kier molecular flexibility index (Phi) is 6.96. The first-order chi connectivity index (χ1) is 16.8. The number of halogens is 1. The predicted octanol–water partition coefficient (Wildman–Crippen LogP) is 4.90. The van der Waals surface area contributed by atoms with E-state index in [0.29, 0.717) is 35.0 Å². The van der Waals surface area contributed by atoms with Gasteiger partial charge in [-0.1, -0.05) is 12.1 Å². The van der Waals surface area contributed by atoms with Crippen molar-refractivity contribution in [2.24, 2.45) is 0 Å². The molecule has 0 unspecified atom stereocenters. The van der Waals surface area contributed by atoms with Crippen molar-refractivity contribution in [2.75, 3.05) is 12.4 Å². The number of benzene rings is 2. The third-order valence-corrected chi connectivity index (χ3v) is 5.41. The van der Waals surface area contributed by atoms with Crippen molar-refractivity contribution in [2.45, 2.75) is 27.0 Å². The van der Waals surface area contributed by atoms with Crippen molar-refractivity contribution in [3.8, 4) is 5.75 Å². The fourth-order valence-corrected chi connectivity index (χ4v) is 3.51. The molecule has 0 aliphatic rings. The first-order valence-electron chi connectivity index (χ1n) is 10.8. The number of aryl methyl sites for hydroxylation is 1. The van der Waals surface area contributed by atoms with Crippen LogP contribution in [0.15, 0.2) is 65.1 Å². The summed E-state index contributed by atoms with van der Waals surface area (Å²) < 4.78 is 30.9. The van der Waals surface area contributed by atoms with Crippen LogP contribution in [0.3, 0.4) is 0 Å². The van der Waals surface area contributed by atoms with Gasteiger partial charge in [-0.25, -0.2) is 9.18 Å². The van der Waals surface area contributed by atoms with Crippen molar-refractivity contribution in [3.63, 3.8) is 0 Å². The average Bonchev–Trinajstić information content (AvgIpc) is 3.44. The summed E-state index contributed by atoms with van der Waals surface area (Å²) in [6.45, 7) is 4.22. The lowest BCUT2D eigenvalue weighted by Gasteiger charge is -2.07. The number of aromatic nitrogens is 2. The van der Waals surface area contributed by atoms with Gasteiger partial charge < -0.3 is 19.2 Å². The number of carbonyl (C=O) groups is 2. The second-order valence-electron chi connectivity index (χ2n) is 7.85. The molecule has 0 aliphatic carbocycles. The largest absolute Gasteiger partial charge is 0.486 e. The Bertz CT molecular complexity index is 1340. The first kappa shape index (κ1) is 23.7. The van der Waals surface area contributed by atoms with Crippen molar-refractivity contribution in [3.05, 3.63) is 101 Å². The lowest BCUT2D eigenvalue weighted by molar-refractivity contribution is 0.0600. The summed E-state index contributed by atoms with van der Waals surface area (Å²) >= 11 is 0. The number of nitrogens with zero attached hydrogens (tertiary/aromatic N) is 2. The minimum absolute atomic E-state index is 0.110. The van der Waals surface area contributed by atoms with Crippen LogP contribution in [-0.2, 0) is 17.9 Å². The molecule has 8 nitrogen and oxygen atoms in total. The summed E-state index contributed by atoms with van der Waals surface area (Å²) in [6, 6.07) is 15.9. The second kappa shape index (κ2) is 10.3. The highest BCUT2D eigenvalue weighted by Gasteiger charge is 2.18. The fraction of sp³-hybridized carbons (Fsp3) is 0.192. The third-order valence-electron chi connectivity index (χ3n) is 5.41. The predicted molar refractivity (Wildman–Crippen MR) is 126 cm³/mol. The van der Waals surface area contributed by atoms with E-state index in [1.165, 1.54) is 19.2 Å². The van der Waals surface area contributed by atoms with Crippen LogP contribution in [0.25, 0.3) is 0 Å². The zero-order valence-corrected chi connectivity index (χ0v) is 19.5. The summed E-state index contributed by atoms with van der Waals surface area (Å²) in [5.74, 6) is 0.00734. The molecule has 0 bridgehead atoms. The lowest BCUT2D eigenvalue weighted by atomic mass is 10.2. The Morgan fingerprint density at radius 2 is 1.74 bits per heavy atom. The van der Waals surface area contributed by atoms with Crippen molar-refractivity contribution in [1.82, 2.24) is 9.78 Å². The molecular formula is C26H24FN3O5. The van der Waals surface area contributed by atoms with Gasteiger partial charge >= 0.3 is 5.97 Å². The molecule has 0 radical (unpaired) electrons. The van der Waals surface area contributed by atoms with Crippen LogP contribution >= 0.6 is 0 Å². The van der Waals surface area contributed by atoms with Gasteiger partial charge in [0.05, 0.1) is 36.3 Å². The molecule has 0 atom stereocenters. The van der Waals surface area contributed by atoms with Gasteiger partial charge in [0.1, 0.15) is 23.9 Å². The number of amides is 1. The number of ether oxygens (including phenoxy) is 2. The van der Waals surface area contributed by atoms with Gasteiger partial charge in [0.15, 0.2) is 5.76 Å². The molecule has 9 heteroatoms. The first-order valence-corrected chi connectivity index (χ1v) is 10.8. The molecule has 2 heterocycles. The maximum Gasteiger partial charge on any atom is 0.337 e. The highest BCUT2D eigenvalue weighted by molar-refractivity contribution is 6.03. The quantitative estimate of drug-likeness (QED) is 0.363. The monoisotopic (exact) mass is 477 g/mol. The molecule has 1 amide bonds. The summed E-state index contributed by atoms with van der Waals surface area (Å²) in [6.07, 6.45) is 0. The third kappa shape index (κ3) is 5.57. The zero-order chi connectivity index (χ0) is 24.9. The smallest absolute Gasteiger partial charge is 0.337 e. The van der Waals surface area contributed by atoms with Crippen LogP contribution in [0.5, 0.6) is 5.75 Å². The normalized spacial score (nSPS) is 10.7. The Labute approximate surface area is 201 Å². The average molecular weight is 477 g/mol. The highest BCUT2D eigenvalue weighted by Crippen LogP contribution is 2.22. The molecule has 4 rings (SSSR count). The molecule has 35 heavy (non-hydrogen) atoms. The number of hydrogen-bond acceptors (Lipinski definition) is 6. The van der Waals surface area contributed by atoms with Crippen LogP contribution in [0.4, 0.5) is 10.1 Å². The zero-order valence-electron chi connectivity index (χ0n) is 19.5. The molecule has 0 aliphatic heterocycles. The molecule has 4 aromatic rings. The Hall–Kier alpha value is -4.40. The molecular weight excluding hydrogens is 453 g/mol. The van der Waals surface area contributed by atoms with Crippen LogP contribution in [0.1, 0.15) is 43.6 Å². The van der Waals surface area contributed by atoms with Gasteiger partial charge in [-0.05, 0) is 67.9 Å². The second-order valence-corrected chi connectivity index (χ2v) is 7.85. The van der Waals surface area contributed by atoms with Crippen molar-refractivity contribution < 1.29 is 27.9 Å². The standard InChI is InChI=1S/C26H24FN3O5/c1-16-24(17(2)30(29-16)14-18-4-8-20(27)9-5-18)28-25(31)23-13-12-22(35-23)15-34-21-10-6-19(7-11-21)26(32)33-3/h4-13H,14-15H2,1-3H3,(H,28,31). The molecule has 1 N–H and O–H groups in total. The number of carbonyl (C=O) groups excluding carboxylic acids is 2. The van der Waals surface area contributed by atoms with Crippen molar-refractivity contribution in [1.29, 1.82) is 0 Å². The number of furan rings is 1. The molecule has 2 aromatic heterocycles. The van der Waals surface area contributed by atoms with Crippen molar-refractivity contribution >= 4 is 17.6 Å². The summed E-state index contributed by atoms with van der Waals surface area (Å²) in [7, 11) is 1.32. The Morgan fingerprint density at radius 3 is 2.43 bits per heavy atom. The number of nitrogens with one attached hydrogen (secondary N) is 1. The Balaban J connectivity index is 1.37. The minimum atomic E-state index is -0.426. The fourth-order valence-electron chi connectivity index (χ4n) is 3.51. The maximum atomic E-state index is 13.2. The molecule has 0 saturated heterocycles. The summed E-state index contributed by atoms with van der Waals surface area (Å²) in [5, 5.41) is 7.35. The number of anilines is 1. The number of rotatable bonds is 8. The van der Waals surface area contributed by atoms with E-state index in [1.54, 1.807) is 60.1 Å². The lowest BCUT2D eigenvalue weighted by Crippen LogP contribution is -2.12. The SMILES string of the molecule is COC(=O)c1ccc(OCc2ccc(C(=O)Nc3c(C)nn(Cc4ccc(F)cc4)c3C)o2)cc1. The maximum absolute atomic E-state index is 13.2. The van der Waals surface area contributed by atoms with E-state index in [4.69, 9.17) is 9.15 Å². The van der Waals surface area contributed by atoms with Gasteiger partial charge in [0.2, 0.25) is 0 Å². The van der Waals surface area contributed by atoms with Crippen LogP contribution in [-0.4, -0.2) is 28.8 Å². The number of esters is 1. The van der Waals surface area contributed by atoms with E-state index >= 15 is 0 Å². The number of hydrogen-bond donors (Lipinski definition) is 1. The summed E-state index contributed by atoms with van der Waals surface area (Å²) in [5.41, 5.74) is 3.33. The van der Waals surface area contributed by atoms with E-state index in [0.717, 1.165) is 11.3 Å². The van der Waals surface area contributed by atoms with E-state index in [9.17, 15) is 14.0 Å². The number of methoxy groups -OCH3 is 1. The van der Waals surface area contributed by atoms with Crippen LogP contribution in [0.2, 0.25) is 0 Å². The van der Waals surface area contributed by atoms with Gasteiger partial charge in [-0.15, -0.1) is 0 Å². The van der Waals surface area contributed by atoms with Crippen LogP contribution in [0, 0.1) is 19.7 Å². The molecule has 2 aromatic carbocycles. The van der Waals surface area contributed by atoms with E-state index in [-0.39, 0.29) is 18.2 Å². The van der Waals surface area contributed by atoms with Gasteiger partial charge in [0.25, 0.3) is 5.91 Å². The minimum Gasteiger partial charge on any atom is -0.486 e. The van der Waals surface area contributed by atoms with E-state index in [1.807, 2.05) is 6.92 Å². The molecule has 0 spiro atoms. The summed E-state index contributed by atoms with van der Waals surface area (Å²) in [4.78, 5) is 24.3. The topological polar surface area (TPSA) is 95.6 Å². The molecule has 0 saturated carbocycles. The van der Waals surface area contributed by atoms with Gasteiger partial charge in [0, 0.05) is 0 Å². The molecule has 180 valence electrons. The van der Waals surface area contributed by atoms with Gasteiger partial charge in [-0.3, -0.25) is 9.48 Å². The van der Waals surface area contributed by atoms with E-state index < -0.39 is 11.9 Å². The van der Waals surface area contributed by atoms with Crippen LogP contribution < -0.4 is 10.1 Å². The Morgan fingerprint density at radius 1 is 1.03 bits per heavy atom. The molecule has 0 fully saturated rings.